The van der Waals surface area contributed by atoms with Crippen molar-refractivity contribution in [1.82, 2.24) is 10.6 Å². The third-order valence-electron chi connectivity index (χ3n) is 1.73. The zero-order chi connectivity index (χ0) is 7.68. The highest BCUT2D eigenvalue weighted by Gasteiger charge is 2.17. The SMILES string of the molecule is O=C1NCC=C2C=CNC=C12. The van der Waals surface area contributed by atoms with Gasteiger partial charge >= 0.3 is 0 Å². The second-order valence-corrected chi connectivity index (χ2v) is 2.43. The lowest BCUT2D eigenvalue weighted by Gasteiger charge is -2.16. The molecule has 1 amide bonds. The number of carbonyl (C=O) groups is 1. The molecule has 0 aromatic carbocycles. The summed E-state index contributed by atoms with van der Waals surface area (Å²) in [5.41, 5.74) is 1.73. The van der Waals surface area contributed by atoms with Gasteiger partial charge in [-0.3, -0.25) is 4.79 Å². The number of nitrogens with one attached hydrogen (secondary N) is 2. The second kappa shape index (κ2) is 2.27. The summed E-state index contributed by atoms with van der Waals surface area (Å²) in [7, 11) is 0. The summed E-state index contributed by atoms with van der Waals surface area (Å²) < 4.78 is 0. The second-order valence-electron chi connectivity index (χ2n) is 2.43. The van der Waals surface area contributed by atoms with Crippen LogP contribution in [0.2, 0.25) is 0 Å². The van der Waals surface area contributed by atoms with Crippen LogP contribution in [0.3, 0.4) is 0 Å². The van der Waals surface area contributed by atoms with Crippen molar-refractivity contribution in [2.24, 2.45) is 0 Å². The molecule has 0 bridgehead atoms. The van der Waals surface area contributed by atoms with Crippen LogP contribution in [0.15, 0.2) is 35.7 Å². The van der Waals surface area contributed by atoms with Crippen molar-refractivity contribution in [2.75, 3.05) is 6.54 Å². The lowest BCUT2D eigenvalue weighted by atomic mass is 10.0. The molecular weight excluding hydrogens is 140 g/mol. The van der Waals surface area contributed by atoms with E-state index in [-0.39, 0.29) is 5.91 Å². The summed E-state index contributed by atoms with van der Waals surface area (Å²) in [6.45, 7) is 0.635. The van der Waals surface area contributed by atoms with Crippen molar-refractivity contribution in [3.63, 3.8) is 0 Å². The van der Waals surface area contributed by atoms with Gasteiger partial charge in [0.1, 0.15) is 0 Å². The smallest absolute Gasteiger partial charge is 0.253 e. The largest absolute Gasteiger partial charge is 0.367 e. The maximum Gasteiger partial charge on any atom is 0.253 e. The maximum absolute atomic E-state index is 11.1. The highest BCUT2D eigenvalue weighted by molar-refractivity contribution is 6.00. The van der Waals surface area contributed by atoms with Crippen molar-refractivity contribution >= 4 is 5.91 Å². The van der Waals surface area contributed by atoms with Crippen LogP contribution in [0.25, 0.3) is 0 Å². The third-order valence-corrected chi connectivity index (χ3v) is 1.73. The quantitative estimate of drug-likeness (QED) is 0.509. The molecular formula is C8H8N2O. The van der Waals surface area contributed by atoms with Gasteiger partial charge in [0.05, 0.1) is 5.57 Å². The van der Waals surface area contributed by atoms with Gasteiger partial charge < -0.3 is 10.6 Å². The van der Waals surface area contributed by atoms with E-state index in [1.54, 1.807) is 6.20 Å². The van der Waals surface area contributed by atoms with Gasteiger partial charge in [-0.05, 0) is 11.6 Å². The molecule has 0 spiro atoms. The van der Waals surface area contributed by atoms with Crippen LogP contribution in [0.1, 0.15) is 0 Å². The van der Waals surface area contributed by atoms with Crippen LogP contribution in [0.5, 0.6) is 0 Å². The molecule has 0 saturated carbocycles. The van der Waals surface area contributed by atoms with Crippen LogP contribution >= 0.6 is 0 Å². The lowest BCUT2D eigenvalue weighted by molar-refractivity contribution is -0.117. The summed E-state index contributed by atoms with van der Waals surface area (Å²) in [6, 6.07) is 0. The predicted octanol–water partition coefficient (Wildman–Crippen LogP) is 0.0434. The van der Waals surface area contributed by atoms with Gasteiger partial charge in [-0.2, -0.15) is 0 Å². The molecule has 2 aliphatic heterocycles. The van der Waals surface area contributed by atoms with Crippen molar-refractivity contribution in [2.45, 2.75) is 0 Å². The molecule has 0 aliphatic carbocycles. The van der Waals surface area contributed by atoms with E-state index >= 15 is 0 Å². The third kappa shape index (κ3) is 0.941. The lowest BCUT2D eigenvalue weighted by Crippen LogP contribution is -2.31. The molecule has 0 radical (unpaired) electrons. The molecule has 11 heavy (non-hydrogen) atoms. The Kier molecular flexibility index (Phi) is 1.28. The van der Waals surface area contributed by atoms with E-state index in [0.717, 1.165) is 11.1 Å². The highest BCUT2D eigenvalue weighted by Crippen LogP contribution is 2.16. The Morgan fingerprint density at radius 1 is 1.45 bits per heavy atom. The average Bonchev–Trinajstić information content (AvgIpc) is 2.06. The van der Waals surface area contributed by atoms with Gasteiger partial charge in [-0.1, -0.05) is 6.08 Å². The van der Waals surface area contributed by atoms with E-state index in [0.29, 0.717) is 6.54 Å². The van der Waals surface area contributed by atoms with Gasteiger partial charge in [0.25, 0.3) is 5.91 Å². The summed E-state index contributed by atoms with van der Waals surface area (Å²) in [4.78, 5) is 11.1. The van der Waals surface area contributed by atoms with Crippen molar-refractivity contribution in [1.29, 1.82) is 0 Å². The van der Waals surface area contributed by atoms with E-state index in [4.69, 9.17) is 0 Å². The first kappa shape index (κ1) is 6.22. The molecule has 2 aliphatic rings. The number of hydrogen-bond donors (Lipinski definition) is 2. The minimum Gasteiger partial charge on any atom is -0.367 e. The van der Waals surface area contributed by atoms with E-state index < -0.39 is 0 Å². The molecule has 3 nitrogen and oxygen atoms in total. The van der Waals surface area contributed by atoms with Crippen LogP contribution in [-0.4, -0.2) is 12.5 Å². The topological polar surface area (TPSA) is 41.1 Å². The van der Waals surface area contributed by atoms with E-state index in [1.165, 1.54) is 0 Å². The Balaban J connectivity index is 2.41. The normalized spacial score (nSPS) is 20.9. The first-order valence-electron chi connectivity index (χ1n) is 3.49. The minimum atomic E-state index is -0.000602. The highest BCUT2D eigenvalue weighted by atomic mass is 16.1. The van der Waals surface area contributed by atoms with Gasteiger partial charge in [0.2, 0.25) is 0 Å². The average molecular weight is 148 g/mol. The van der Waals surface area contributed by atoms with Gasteiger partial charge in [0.15, 0.2) is 0 Å². The molecule has 0 fully saturated rings. The summed E-state index contributed by atoms with van der Waals surface area (Å²) in [6.07, 6.45) is 7.41. The van der Waals surface area contributed by atoms with Crippen LogP contribution in [0.4, 0.5) is 0 Å². The molecule has 0 atom stereocenters. The maximum atomic E-state index is 11.1. The Labute approximate surface area is 64.5 Å². The Morgan fingerprint density at radius 2 is 2.36 bits per heavy atom. The molecule has 0 saturated heterocycles. The molecule has 0 aromatic rings. The van der Waals surface area contributed by atoms with Gasteiger partial charge in [0, 0.05) is 18.9 Å². The van der Waals surface area contributed by atoms with E-state index in [9.17, 15) is 4.79 Å². The first-order valence-corrected chi connectivity index (χ1v) is 3.49. The summed E-state index contributed by atoms with van der Waals surface area (Å²) >= 11 is 0. The monoisotopic (exact) mass is 148 g/mol. The number of allylic oxidation sites excluding steroid dienone is 1. The fourth-order valence-electron chi connectivity index (χ4n) is 1.17. The number of amides is 1. The summed E-state index contributed by atoms with van der Waals surface area (Å²) in [5.74, 6) is -0.000602. The van der Waals surface area contributed by atoms with E-state index in [2.05, 4.69) is 10.6 Å². The Bertz CT molecular complexity index is 286. The van der Waals surface area contributed by atoms with Crippen molar-refractivity contribution < 1.29 is 4.79 Å². The number of fused-ring (bicyclic) bond motifs is 1. The molecule has 2 N–H and O–H groups in total. The van der Waals surface area contributed by atoms with Crippen LogP contribution < -0.4 is 10.6 Å². The minimum absolute atomic E-state index is 0.000602. The number of carbonyl (C=O) groups excluding carboxylic acids is 1. The predicted molar refractivity (Wildman–Crippen MR) is 41.5 cm³/mol. The summed E-state index contributed by atoms with van der Waals surface area (Å²) in [5, 5.41) is 5.59. The molecule has 56 valence electrons. The fraction of sp³-hybridized carbons (Fsp3) is 0.125. The molecule has 0 aromatic heterocycles. The Morgan fingerprint density at radius 3 is 3.18 bits per heavy atom. The van der Waals surface area contributed by atoms with Crippen LogP contribution in [-0.2, 0) is 4.79 Å². The van der Waals surface area contributed by atoms with Crippen LogP contribution in [0, 0.1) is 0 Å². The Hall–Kier alpha value is -1.51. The zero-order valence-electron chi connectivity index (χ0n) is 5.92. The fourth-order valence-corrected chi connectivity index (χ4v) is 1.17. The zero-order valence-corrected chi connectivity index (χ0v) is 5.92. The molecule has 0 unspecified atom stereocenters. The van der Waals surface area contributed by atoms with Crippen molar-refractivity contribution in [3.05, 3.63) is 35.7 Å². The van der Waals surface area contributed by atoms with Gasteiger partial charge in [-0.25, -0.2) is 0 Å². The molecule has 2 rings (SSSR count). The van der Waals surface area contributed by atoms with Gasteiger partial charge in [-0.15, -0.1) is 0 Å². The van der Waals surface area contributed by atoms with E-state index in [1.807, 2.05) is 18.4 Å². The van der Waals surface area contributed by atoms with Crippen molar-refractivity contribution in [3.8, 4) is 0 Å². The number of dihydropyridines is 1. The molecule has 3 heteroatoms. The number of hydrogen-bond acceptors (Lipinski definition) is 2. The number of rotatable bonds is 0. The molecule has 2 heterocycles. The standard InChI is InChI=1S/C8H8N2O/c11-8-7-5-9-3-1-6(7)2-4-10-8/h1-3,5,9H,4H2,(H,10,11). The first-order chi connectivity index (χ1) is 5.38.